The second-order valence-corrected chi connectivity index (χ2v) is 4.63. The maximum absolute atomic E-state index is 9.82. The predicted octanol–water partition coefficient (Wildman–Crippen LogP) is 2.88. The molecule has 1 fully saturated rings. The van der Waals surface area contributed by atoms with E-state index in [-0.39, 0.29) is 10.9 Å². The molecule has 0 spiro atoms. The van der Waals surface area contributed by atoms with Crippen LogP contribution in [-0.4, -0.2) is 16.0 Å². The van der Waals surface area contributed by atoms with E-state index in [1.807, 2.05) is 0 Å². The van der Waals surface area contributed by atoms with Gasteiger partial charge >= 0.3 is 0 Å². The van der Waals surface area contributed by atoms with Crippen molar-refractivity contribution in [3.05, 3.63) is 12.7 Å². The minimum Gasteiger partial charge on any atom is -0.391 e. The molecule has 0 heterocycles. The van der Waals surface area contributed by atoms with Crippen LogP contribution in [-0.2, 0) is 0 Å². The summed E-state index contributed by atoms with van der Waals surface area (Å²) in [6.45, 7) is 3.67. The lowest BCUT2D eigenvalue weighted by Crippen LogP contribution is -2.29. The van der Waals surface area contributed by atoms with Crippen LogP contribution in [0.1, 0.15) is 32.1 Å². The number of alkyl halides is 1. The third-order valence-corrected chi connectivity index (χ3v) is 3.60. The van der Waals surface area contributed by atoms with Gasteiger partial charge in [0.1, 0.15) is 0 Å². The van der Waals surface area contributed by atoms with E-state index in [4.69, 9.17) is 0 Å². The minimum absolute atomic E-state index is 0.0700. The highest BCUT2D eigenvalue weighted by molar-refractivity contribution is 9.09. The molecule has 1 rings (SSSR count). The number of hydrogen-bond donors (Lipinski definition) is 1. The molecule has 0 aliphatic heterocycles. The van der Waals surface area contributed by atoms with E-state index in [2.05, 4.69) is 22.5 Å². The summed E-state index contributed by atoms with van der Waals surface area (Å²) in [5, 5.41) is 9.82. The molecule has 0 unspecified atom stereocenters. The first kappa shape index (κ1) is 10.3. The fourth-order valence-corrected chi connectivity index (χ4v) is 2.31. The largest absolute Gasteiger partial charge is 0.391 e. The molecule has 0 bridgehead atoms. The SMILES string of the molecule is C=C[C@H](Br)[C@H](O)C1CCCCC1. The van der Waals surface area contributed by atoms with Crippen LogP contribution in [0.2, 0.25) is 0 Å². The Hall–Kier alpha value is 0.180. The summed E-state index contributed by atoms with van der Waals surface area (Å²) in [5.74, 6) is 0.487. The zero-order valence-corrected chi connectivity index (χ0v) is 8.96. The smallest absolute Gasteiger partial charge is 0.0728 e. The van der Waals surface area contributed by atoms with Crippen molar-refractivity contribution in [2.24, 2.45) is 5.92 Å². The van der Waals surface area contributed by atoms with Crippen LogP contribution in [0.25, 0.3) is 0 Å². The van der Waals surface area contributed by atoms with Crippen LogP contribution in [0.5, 0.6) is 0 Å². The number of rotatable bonds is 3. The monoisotopic (exact) mass is 232 g/mol. The third-order valence-electron chi connectivity index (χ3n) is 2.68. The Kier molecular flexibility index (Phi) is 4.30. The molecule has 2 heteroatoms. The molecular formula is C10H17BrO. The lowest BCUT2D eigenvalue weighted by molar-refractivity contribution is 0.0930. The topological polar surface area (TPSA) is 20.2 Å². The van der Waals surface area contributed by atoms with Crippen LogP contribution >= 0.6 is 15.9 Å². The van der Waals surface area contributed by atoms with Gasteiger partial charge in [0.2, 0.25) is 0 Å². The maximum Gasteiger partial charge on any atom is 0.0728 e. The first-order valence-corrected chi connectivity index (χ1v) is 5.62. The zero-order chi connectivity index (χ0) is 8.97. The summed E-state index contributed by atoms with van der Waals surface area (Å²) >= 11 is 3.41. The van der Waals surface area contributed by atoms with Crippen molar-refractivity contribution in [1.82, 2.24) is 0 Å². The van der Waals surface area contributed by atoms with Crippen molar-refractivity contribution in [1.29, 1.82) is 0 Å². The summed E-state index contributed by atoms with van der Waals surface area (Å²) in [6.07, 6.45) is 7.79. The van der Waals surface area contributed by atoms with E-state index in [1.165, 1.54) is 32.1 Å². The van der Waals surface area contributed by atoms with E-state index in [1.54, 1.807) is 6.08 Å². The molecule has 1 saturated carbocycles. The van der Waals surface area contributed by atoms with Gasteiger partial charge in [-0.15, -0.1) is 6.58 Å². The second-order valence-electron chi connectivity index (χ2n) is 3.57. The van der Waals surface area contributed by atoms with Crippen molar-refractivity contribution in [3.63, 3.8) is 0 Å². The van der Waals surface area contributed by atoms with Gasteiger partial charge in [-0.2, -0.15) is 0 Å². The highest BCUT2D eigenvalue weighted by Crippen LogP contribution is 2.29. The number of aliphatic hydroxyl groups is 1. The Bertz CT molecular complexity index is 141. The van der Waals surface area contributed by atoms with Gasteiger partial charge in [-0.05, 0) is 18.8 Å². The first-order valence-electron chi connectivity index (χ1n) is 4.70. The Balaban J connectivity index is 2.38. The molecule has 1 aliphatic carbocycles. The number of hydrogen-bond acceptors (Lipinski definition) is 1. The third kappa shape index (κ3) is 2.60. The van der Waals surface area contributed by atoms with Gasteiger partial charge in [0, 0.05) is 0 Å². The lowest BCUT2D eigenvalue weighted by atomic mass is 9.84. The molecule has 70 valence electrons. The van der Waals surface area contributed by atoms with Gasteiger partial charge < -0.3 is 5.11 Å². The van der Waals surface area contributed by atoms with Crippen LogP contribution in [0.15, 0.2) is 12.7 Å². The summed E-state index contributed by atoms with van der Waals surface area (Å²) in [7, 11) is 0. The van der Waals surface area contributed by atoms with Crippen molar-refractivity contribution in [3.8, 4) is 0 Å². The fraction of sp³-hybridized carbons (Fsp3) is 0.800. The summed E-state index contributed by atoms with van der Waals surface area (Å²) in [5.41, 5.74) is 0. The van der Waals surface area contributed by atoms with Gasteiger partial charge in [0.15, 0.2) is 0 Å². The first-order chi connectivity index (χ1) is 5.75. The van der Waals surface area contributed by atoms with Crippen molar-refractivity contribution >= 4 is 15.9 Å². The van der Waals surface area contributed by atoms with Crippen LogP contribution in [0, 0.1) is 5.92 Å². The van der Waals surface area contributed by atoms with E-state index < -0.39 is 0 Å². The minimum atomic E-state index is -0.234. The van der Waals surface area contributed by atoms with Gasteiger partial charge in [0.25, 0.3) is 0 Å². The number of aliphatic hydroxyl groups excluding tert-OH is 1. The fourth-order valence-electron chi connectivity index (χ4n) is 1.88. The molecule has 12 heavy (non-hydrogen) atoms. The average Bonchev–Trinajstić information content (AvgIpc) is 2.17. The van der Waals surface area contributed by atoms with Gasteiger partial charge in [-0.1, -0.05) is 41.3 Å². The molecular weight excluding hydrogens is 216 g/mol. The predicted molar refractivity (Wildman–Crippen MR) is 55.5 cm³/mol. The van der Waals surface area contributed by atoms with E-state index >= 15 is 0 Å². The normalized spacial score (nSPS) is 24.8. The van der Waals surface area contributed by atoms with Gasteiger partial charge in [0.05, 0.1) is 10.9 Å². The van der Waals surface area contributed by atoms with Gasteiger partial charge in [-0.3, -0.25) is 0 Å². The van der Waals surface area contributed by atoms with Gasteiger partial charge in [-0.25, -0.2) is 0 Å². The molecule has 0 aromatic heterocycles. The summed E-state index contributed by atoms with van der Waals surface area (Å²) in [6, 6.07) is 0. The van der Waals surface area contributed by atoms with E-state index in [9.17, 15) is 5.11 Å². The standard InChI is InChI=1S/C10H17BrO/c1-2-9(11)10(12)8-6-4-3-5-7-8/h2,8-10,12H,1,3-7H2/t9-,10+/m0/s1. The molecule has 0 saturated heterocycles. The Morgan fingerprint density at radius 2 is 1.92 bits per heavy atom. The average molecular weight is 233 g/mol. The Morgan fingerprint density at radius 1 is 1.33 bits per heavy atom. The van der Waals surface area contributed by atoms with Crippen LogP contribution in [0.3, 0.4) is 0 Å². The zero-order valence-electron chi connectivity index (χ0n) is 7.38. The van der Waals surface area contributed by atoms with Crippen molar-refractivity contribution in [2.75, 3.05) is 0 Å². The van der Waals surface area contributed by atoms with E-state index in [0.717, 1.165) is 0 Å². The highest BCUT2D eigenvalue weighted by atomic mass is 79.9. The second kappa shape index (κ2) is 5.03. The molecule has 0 amide bonds. The van der Waals surface area contributed by atoms with Crippen molar-refractivity contribution < 1.29 is 5.11 Å². The Morgan fingerprint density at radius 3 is 2.42 bits per heavy atom. The summed E-state index contributed by atoms with van der Waals surface area (Å²) < 4.78 is 0. The Labute approximate surface area is 83.0 Å². The molecule has 2 atom stereocenters. The molecule has 1 N–H and O–H groups in total. The molecule has 0 radical (unpaired) electrons. The molecule has 1 nitrogen and oxygen atoms in total. The van der Waals surface area contributed by atoms with Crippen LogP contribution in [0.4, 0.5) is 0 Å². The van der Waals surface area contributed by atoms with E-state index in [0.29, 0.717) is 5.92 Å². The maximum atomic E-state index is 9.82. The molecule has 0 aromatic carbocycles. The molecule has 1 aliphatic rings. The van der Waals surface area contributed by atoms with Crippen molar-refractivity contribution in [2.45, 2.75) is 43.0 Å². The quantitative estimate of drug-likeness (QED) is 0.587. The van der Waals surface area contributed by atoms with Crippen LogP contribution < -0.4 is 0 Å². The lowest BCUT2D eigenvalue weighted by Gasteiger charge is -2.28. The summed E-state index contributed by atoms with van der Waals surface area (Å²) in [4.78, 5) is 0.0700. The number of halogens is 1. The highest BCUT2D eigenvalue weighted by Gasteiger charge is 2.25. The molecule has 0 aromatic rings.